The largest absolute Gasteiger partial charge is 0.398 e. The van der Waals surface area contributed by atoms with Gasteiger partial charge in [0.15, 0.2) is 0 Å². The summed E-state index contributed by atoms with van der Waals surface area (Å²) in [4.78, 5) is 4.51. The summed E-state index contributed by atoms with van der Waals surface area (Å²) in [5, 5.41) is 0. The fraction of sp³-hybridized carbons (Fsp3) is 0.571. The summed E-state index contributed by atoms with van der Waals surface area (Å²) in [6.45, 7) is 3.88. The third kappa shape index (κ3) is 3.21. The van der Waals surface area contributed by atoms with Crippen LogP contribution in [-0.4, -0.2) is 43.5 Å². The third-order valence-electron chi connectivity index (χ3n) is 3.64. The van der Waals surface area contributed by atoms with Gasteiger partial charge in [0.1, 0.15) is 5.82 Å². The molecule has 0 bridgehead atoms. The van der Waals surface area contributed by atoms with Crippen LogP contribution >= 0.6 is 0 Å². The first-order valence-electron chi connectivity index (χ1n) is 6.46. The molecule has 0 saturated carbocycles. The van der Waals surface area contributed by atoms with Gasteiger partial charge >= 0.3 is 0 Å². The molecule has 100 valence electrons. The number of benzene rings is 1. The fourth-order valence-corrected chi connectivity index (χ4v) is 2.69. The molecule has 18 heavy (non-hydrogen) atoms. The molecule has 1 aliphatic heterocycles. The van der Waals surface area contributed by atoms with Gasteiger partial charge in [0.2, 0.25) is 0 Å². The van der Waals surface area contributed by atoms with E-state index in [9.17, 15) is 4.39 Å². The highest BCUT2D eigenvalue weighted by Crippen LogP contribution is 2.20. The molecule has 1 saturated heterocycles. The standard InChI is InChI=1S/C14H22FN3/c1-17-7-6-11(8-17)9-18(2)10-12-13(15)4-3-5-14(12)16/h3-5,11H,6-10,16H2,1-2H3. The van der Waals surface area contributed by atoms with E-state index in [-0.39, 0.29) is 5.82 Å². The zero-order valence-electron chi connectivity index (χ0n) is 11.2. The molecule has 1 fully saturated rings. The number of nitrogens with two attached hydrogens (primary N) is 1. The van der Waals surface area contributed by atoms with Crippen molar-refractivity contribution in [2.45, 2.75) is 13.0 Å². The Morgan fingerprint density at radius 3 is 2.89 bits per heavy atom. The van der Waals surface area contributed by atoms with Crippen molar-refractivity contribution < 1.29 is 4.39 Å². The maximum atomic E-state index is 13.7. The molecule has 1 aromatic carbocycles. The van der Waals surface area contributed by atoms with Crippen LogP contribution in [-0.2, 0) is 6.54 Å². The molecule has 1 atom stereocenters. The summed E-state index contributed by atoms with van der Waals surface area (Å²) in [6.07, 6.45) is 1.23. The van der Waals surface area contributed by atoms with Crippen LogP contribution in [0.15, 0.2) is 18.2 Å². The van der Waals surface area contributed by atoms with Crippen LogP contribution in [0.3, 0.4) is 0 Å². The summed E-state index contributed by atoms with van der Waals surface area (Å²) >= 11 is 0. The van der Waals surface area contributed by atoms with E-state index in [1.807, 2.05) is 7.05 Å². The molecule has 3 nitrogen and oxygen atoms in total. The number of nitrogens with zero attached hydrogens (tertiary/aromatic N) is 2. The molecule has 1 aliphatic rings. The van der Waals surface area contributed by atoms with E-state index in [2.05, 4.69) is 16.8 Å². The molecule has 0 aromatic heterocycles. The lowest BCUT2D eigenvalue weighted by Gasteiger charge is -2.21. The number of halogens is 1. The molecular weight excluding hydrogens is 229 g/mol. The van der Waals surface area contributed by atoms with Gasteiger partial charge in [-0.05, 0) is 45.1 Å². The van der Waals surface area contributed by atoms with E-state index in [0.29, 0.717) is 23.7 Å². The number of likely N-dealkylation sites (tertiary alicyclic amines) is 1. The SMILES string of the molecule is CN1CCC(CN(C)Cc2c(N)cccc2F)C1. The van der Waals surface area contributed by atoms with Gasteiger partial charge in [-0.25, -0.2) is 4.39 Å². The first kappa shape index (κ1) is 13.3. The first-order chi connectivity index (χ1) is 8.56. The average Bonchev–Trinajstić information content (AvgIpc) is 2.69. The molecule has 4 heteroatoms. The molecule has 0 aliphatic carbocycles. The monoisotopic (exact) mass is 251 g/mol. The Morgan fingerprint density at radius 1 is 1.50 bits per heavy atom. The van der Waals surface area contributed by atoms with E-state index in [1.54, 1.807) is 12.1 Å². The summed E-state index contributed by atoms with van der Waals surface area (Å²) in [6, 6.07) is 4.89. The second kappa shape index (κ2) is 5.67. The smallest absolute Gasteiger partial charge is 0.129 e. The van der Waals surface area contributed by atoms with Gasteiger partial charge < -0.3 is 15.5 Å². The molecule has 0 spiro atoms. The Morgan fingerprint density at radius 2 is 2.28 bits per heavy atom. The van der Waals surface area contributed by atoms with Gasteiger partial charge in [0.05, 0.1) is 0 Å². The van der Waals surface area contributed by atoms with Gasteiger partial charge in [0.25, 0.3) is 0 Å². The highest BCUT2D eigenvalue weighted by atomic mass is 19.1. The number of nitrogen functional groups attached to an aromatic ring is 1. The zero-order chi connectivity index (χ0) is 13.1. The number of rotatable bonds is 4. The molecular formula is C14H22FN3. The van der Waals surface area contributed by atoms with E-state index in [0.717, 1.165) is 13.1 Å². The van der Waals surface area contributed by atoms with Crippen LogP contribution in [0.4, 0.5) is 10.1 Å². The fourth-order valence-electron chi connectivity index (χ4n) is 2.69. The van der Waals surface area contributed by atoms with Gasteiger partial charge in [-0.15, -0.1) is 0 Å². The average molecular weight is 251 g/mol. The minimum atomic E-state index is -0.203. The van der Waals surface area contributed by atoms with Crippen molar-refractivity contribution in [2.75, 3.05) is 39.5 Å². The molecule has 0 radical (unpaired) electrons. The third-order valence-corrected chi connectivity index (χ3v) is 3.64. The Hall–Kier alpha value is -1.13. The molecule has 2 N–H and O–H groups in total. The van der Waals surface area contributed by atoms with Crippen molar-refractivity contribution in [3.8, 4) is 0 Å². The lowest BCUT2D eigenvalue weighted by atomic mass is 10.1. The van der Waals surface area contributed by atoms with E-state index in [1.165, 1.54) is 19.0 Å². The van der Waals surface area contributed by atoms with Crippen molar-refractivity contribution in [3.05, 3.63) is 29.6 Å². The minimum absolute atomic E-state index is 0.203. The van der Waals surface area contributed by atoms with Gasteiger partial charge in [-0.2, -0.15) is 0 Å². The molecule has 1 heterocycles. The van der Waals surface area contributed by atoms with Crippen molar-refractivity contribution in [2.24, 2.45) is 5.92 Å². The van der Waals surface area contributed by atoms with Crippen LogP contribution in [0.1, 0.15) is 12.0 Å². The Balaban J connectivity index is 1.93. The maximum absolute atomic E-state index is 13.7. The zero-order valence-corrected chi connectivity index (χ0v) is 11.2. The Bertz CT molecular complexity index is 388. The first-order valence-corrected chi connectivity index (χ1v) is 6.46. The van der Waals surface area contributed by atoms with E-state index < -0.39 is 0 Å². The minimum Gasteiger partial charge on any atom is -0.398 e. The van der Waals surface area contributed by atoms with Crippen LogP contribution < -0.4 is 5.73 Å². The van der Waals surface area contributed by atoms with Gasteiger partial charge in [-0.3, -0.25) is 0 Å². The van der Waals surface area contributed by atoms with Crippen LogP contribution in [0.2, 0.25) is 0 Å². The van der Waals surface area contributed by atoms with Crippen molar-refractivity contribution in [1.29, 1.82) is 0 Å². The Labute approximate surface area is 108 Å². The van der Waals surface area contributed by atoms with Gasteiger partial charge in [-0.1, -0.05) is 6.07 Å². The predicted octanol–water partition coefficient (Wildman–Crippen LogP) is 1.79. The predicted molar refractivity (Wildman–Crippen MR) is 72.8 cm³/mol. The van der Waals surface area contributed by atoms with Crippen molar-refractivity contribution in [3.63, 3.8) is 0 Å². The summed E-state index contributed by atoms with van der Waals surface area (Å²) < 4.78 is 13.7. The van der Waals surface area contributed by atoms with Crippen molar-refractivity contribution >= 4 is 5.69 Å². The topological polar surface area (TPSA) is 32.5 Å². The van der Waals surface area contributed by atoms with E-state index >= 15 is 0 Å². The Kier molecular flexibility index (Phi) is 4.19. The molecule has 0 amide bonds. The summed E-state index contributed by atoms with van der Waals surface area (Å²) in [5.74, 6) is 0.485. The van der Waals surface area contributed by atoms with Crippen LogP contribution in [0, 0.1) is 11.7 Å². The normalized spacial score (nSPS) is 20.8. The van der Waals surface area contributed by atoms with E-state index in [4.69, 9.17) is 5.73 Å². The lowest BCUT2D eigenvalue weighted by Crippen LogP contribution is -2.27. The van der Waals surface area contributed by atoms with Crippen molar-refractivity contribution in [1.82, 2.24) is 9.80 Å². The highest BCUT2D eigenvalue weighted by Gasteiger charge is 2.21. The quantitative estimate of drug-likeness (QED) is 0.828. The number of hydrogen-bond donors (Lipinski definition) is 1. The number of hydrogen-bond acceptors (Lipinski definition) is 3. The lowest BCUT2D eigenvalue weighted by molar-refractivity contribution is 0.264. The molecule has 2 rings (SSSR count). The summed E-state index contributed by atoms with van der Waals surface area (Å²) in [5.41, 5.74) is 6.99. The van der Waals surface area contributed by atoms with Crippen LogP contribution in [0.25, 0.3) is 0 Å². The number of anilines is 1. The molecule has 1 unspecified atom stereocenters. The summed E-state index contributed by atoms with van der Waals surface area (Å²) in [7, 11) is 4.18. The highest BCUT2D eigenvalue weighted by molar-refractivity contribution is 5.47. The van der Waals surface area contributed by atoms with Crippen LogP contribution in [0.5, 0.6) is 0 Å². The second-order valence-electron chi connectivity index (χ2n) is 5.42. The molecule has 1 aromatic rings. The maximum Gasteiger partial charge on any atom is 0.129 e. The van der Waals surface area contributed by atoms with Gasteiger partial charge in [0, 0.05) is 30.9 Å². The second-order valence-corrected chi connectivity index (χ2v) is 5.42.